The number of hydrogen-bond acceptors (Lipinski definition) is 4. The first-order chi connectivity index (χ1) is 7.25. The predicted octanol–water partition coefficient (Wildman–Crippen LogP) is 1.44. The molecule has 1 atom stereocenters. The lowest BCUT2D eigenvalue weighted by molar-refractivity contribution is 0.399. The van der Waals surface area contributed by atoms with E-state index in [0.29, 0.717) is 0 Å². The van der Waals surface area contributed by atoms with Crippen LogP contribution in [0.5, 0.6) is 0 Å². The summed E-state index contributed by atoms with van der Waals surface area (Å²) in [7, 11) is 2.18. The van der Waals surface area contributed by atoms with Crippen LogP contribution in [0.4, 0.5) is 5.82 Å². The van der Waals surface area contributed by atoms with Crippen molar-refractivity contribution < 1.29 is 0 Å². The fraction of sp³-hybridized carbons (Fsp3) is 0.600. The van der Waals surface area contributed by atoms with E-state index in [0.717, 1.165) is 21.9 Å². The molecular weight excluding hydrogens is 303 g/mol. The van der Waals surface area contributed by atoms with Crippen molar-refractivity contribution in [3.63, 3.8) is 0 Å². The molecule has 2 rings (SSSR count). The van der Waals surface area contributed by atoms with Crippen LogP contribution in [0.1, 0.15) is 6.42 Å². The first kappa shape index (κ1) is 11.1. The zero-order valence-electron chi connectivity index (χ0n) is 8.78. The number of halogens is 1. The zero-order valence-corrected chi connectivity index (χ0v) is 10.9. The van der Waals surface area contributed by atoms with E-state index in [2.05, 4.69) is 49.8 Å². The van der Waals surface area contributed by atoms with Crippen LogP contribution < -0.4 is 5.32 Å². The minimum atomic E-state index is 0.751. The Bertz CT molecular complexity index is 331. The van der Waals surface area contributed by atoms with Crippen molar-refractivity contribution in [2.24, 2.45) is 5.92 Å². The van der Waals surface area contributed by atoms with E-state index in [4.69, 9.17) is 0 Å². The third-order valence-corrected chi connectivity index (χ3v) is 3.50. The van der Waals surface area contributed by atoms with Gasteiger partial charge in [0.2, 0.25) is 0 Å². The van der Waals surface area contributed by atoms with Gasteiger partial charge in [0.05, 0.1) is 3.57 Å². The highest BCUT2D eigenvalue weighted by Crippen LogP contribution is 2.17. The normalized spacial score (nSPS) is 21.9. The lowest BCUT2D eigenvalue weighted by atomic mass is 10.1. The van der Waals surface area contributed by atoms with E-state index < -0.39 is 0 Å². The van der Waals surface area contributed by atoms with Gasteiger partial charge in [-0.2, -0.15) is 0 Å². The van der Waals surface area contributed by atoms with Crippen molar-refractivity contribution in [2.45, 2.75) is 6.42 Å². The molecule has 0 spiro atoms. The molecule has 1 aromatic heterocycles. The van der Waals surface area contributed by atoms with E-state index in [1.807, 2.05) is 6.20 Å². The van der Waals surface area contributed by atoms with Gasteiger partial charge in [0.25, 0.3) is 0 Å². The average Bonchev–Trinajstić information content (AvgIpc) is 2.63. The highest BCUT2D eigenvalue weighted by molar-refractivity contribution is 14.1. The predicted molar refractivity (Wildman–Crippen MR) is 68.8 cm³/mol. The smallest absolute Gasteiger partial charge is 0.142 e. The molecule has 0 saturated carbocycles. The van der Waals surface area contributed by atoms with Crippen LogP contribution in [0.25, 0.3) is 0 Å². The number of rotatable bonds is 3. The van der Waals surface area contributed by atoms with Crippen molar-refractivity contribution in [2.75, 3.05) is 32.0 Å². The van der Waals surface area contributed by atoms with E-state index >= 15 is 0 Å². The van der Waals surface area contributed by atoms with Gasteiger partial charge in [-0.3, -0.25) is 0 Å². The summed E-state index contributed by atoms with van der Waals surface area (Å²) in [6.07, 6.45) is 4.70. The molecule has 0 bridgehead atoms. The maximum atomic E-state index is 4.21. The molecule has 0 aliphatic carbocycles. The molecule has 1 aromatic rings. The summed E-state index contributed by atoms with van der Waals surface area (Å²) in [5.41, 5.74) is 0. The number of likely N-dealkylation sites (tertiary alicyclic amines) is 1. The molecular formula is C10H15IN4. The van der Waals surface area contributed by atoms with Crippen LogP contribution >= 0.6 is 22.6 Å². The molecule has 1 aliphatic rings. The van der Waals surface area contributed by atoms with Gasteiger partial charge in [-0.05, 0) is 48.5 Å². The Hall–Kier alpha value is -0.430. The number of nitrogens with zero attached hydrogens (tertiary/aromatic N) is 3. The number of hydrogen-bond donors (Lipinski definition) is 1. The van der Waals surface area contributed by atoms with Gasteiger partial charge in [0.15, 0.2) is 0 Å². The van der Waals surface area contributed by atoms with Gasteiger partial charge in [0.1, 0.15) is 12.1 Å². The van der Waals surface area contributed by atoms with Crippen LogP contribution in [-0.2, 0) is 0 Å². The molecule has 1 unspecified atom stereocenters. The molecule has 4 nitrogen and oxygen atoms in total. The third-order valence-electron chi connectivity index (χ3n) is 2.71. The molecule has 0 radical (unpaired) electrons. The molecule has 15 heavy (non-hydrogen) atoms. The first-order valence-corrected chi connectivity index (χ1v) is 6.21. The Balaban J connectivity index is 1.86. The summed E-state index contributed by atoms with van der Waals surface area (Å²) in [6, 6.07) is 0. The van der Waals surface area contributed by atoms with Crippen molar-refractivity contribution in [1.29, 1.82) is 0 Å². The third kappa shape index (κ3) is 3.01. The fourth-order valence-corrected chi connectivity index (χ4v) is 2.37. The topological polar surface area (TPSA) is 41.0 Å². The van der Waals surface area contributed by atoms with Gasteiger partial charge in [-0.25, -0.2) is 9.97 Å². The van der Waals surface area contributed by atoms with Crippen LogP contribution in [0, 0.1) is 9.49 Å². The van der Waals surface area contributed by atoms with E-state index in [9.17, 15) is 0 Å². The lowest BCUT2D eigenvalue weighted by Crippen LogP contribution is -2.19. The molecule has 5 heteroatoms. The van der Waals surface area contributed by atoms with Crippen LogP contribution in [0.2, 0.25) is 0 Å². The maximum absolute atomic E-state index is 4.21. The maximum Gasteiger partial charge on any atom is 0.142 e. The summed E-state index contributed by atoms with van der Waals surface area (Å²) >= 11 is 2.25. The van der Waals surface area contributed by atoms with Gasteiger partial charge in [-0.15, -0.1) is 0 Å². The van der Waals surface area contributed by atoms with E-state index in [1.54, 1.807) is 6.33 Å². The number of aromatic nitrogens is 2. The summed E-state index contributed by atoms with van der Waals surface area (Å²) in [4.78, 5) is 10.6. The standard InChI is InChI=1S/C10H15IN4/c1-15-3-2-8(6-15)4-13-10-9(11)5-12-7-14-10/h5,7-8H,2-4,6H2,1H3,(H,12,13,14). The second-order valence-electron chi connectivity index (χ2n) is 4.02. The summed E-state index contributed by atoms with van der Waals surface area (Å²) in [5, 5.41) is 3.39. The molecule has 82 valence electrons. The van der Waals surface area contributed by atoms with Gasteiger partial charge in [-0.1, -0.05) is 0 Å². The second kappa shape index (κ2) is 5.07. The lowest BCUT2D eigenvalue weighted by Gasteiger charge is -2.12. The van der Waals surface area contributed by atoms with Crippen LogP contribution in [-0.4, -0.2) is 41.5 Å². The molecule has 1 fully saturated rings. The quantitative estimate of drug-likeness (QED) is 0.857. The van der Waals surface area contributed by atoms with Crippen LogP contribution in [0.3, 0.4) is 0 Å². The second-order valence-corrected chi connectivity index (χ2v) is 5.18. The molecule has 1 N–H and O–H groups in total. The minimum Gasteiger partial charge on any atom is -0.369 e. The van der Waals surface area contributed by atoms with Gasteiger partial charge in [0, 0.05) is 19.3 Å². The Kier molecular flexibility index (Phi) is 3.74. The Morgan fingerprint density at radius 3 is 3.20 bits per heavy atom. The SMILES string of the molecule is CN1CCC(CNc2ncncc2I)C1. The Morgan fingerprint density at radius 2 is 2.53 bits per heavy atom. The number of nitrogens with one attached hydrogen (secondary N) is 1. The monoisotopic (exact) mass is 318 g/mol. The highest BCUT2D eigenvalue weighted by atomic mass is 127. The molecule has 2 heterocycles. The first-order valence-electron chi connectivity index (χ1n) is 5.13. The van der Waals surface area contributed by atoms with Crippen molar-refractivity contribution in [3.8, 4) is 0 Å². The number of anilines is 1. The fourth-order valence-electron chi connectivity index (χ4n) is 1.88. The molecule has 0 aromatic carbocycles. The summed E-state index contributed by atoms with van der Waals surface area (Å²) in [5.74, 6) is 1.71. The molecule has 1 aliphatic heterocycles. The van der Waals surface area contributed by atoms with E-state index in [1.165, 1.54) is 19.5 Å². The average molecular weight is 318 g/mol. The summed E-state index contributed by atoms with van der Waals surface area (Å²) < 4.78 is 1.08. The Morgan fingerprint density at radius 1 is 1.67 bits per heavy atom. The van der Waals surface area contributed by atoms with Crippen molar-refractivity contribution >= 4 is 28.4 Å². The highest BCUT2D eigenvalue weighted by Gasteiger charge is 2.19. The van der Waals surface area contributed by atoms with Gasteiger partial charge >= 0.3 is 0 Å². The van der Waals surface area contributed by atoms with E-state index in [-0.39, 0.29) is 0 Å². The van der Waals surface area contributed by atoms with Crippen LogP contribution in [0.15, 0.2) is 12.5 Å². The van der Waals surface area contributed by atoms with Crippen molar-refractivity contribution in [1.82, 2.24) is 14.9 Å². The van der Waals surface area contributed by atoms with Crippen molar-refractivity contribution in [3.05, 3.63) is 16.1 Å². The minimum absolute atomic E-state index is 0.751. The molecule has 1 saturated heterocycles. The van der Waals surface area contributed by atoms with Gasteiger partial charge < -0.3 is 10.2 Å². The largest absolute Gasteiger partial charge is 0.369 e. The molecule has 0 amide bonds. The zero-order chi connectivity index (χ0) is 10.7. The Labute approximate surface area is 104 Å². The summed E-state index contributed by atoms with van der Waals surface area (Å²) in [6.45, 7) is 3.42.